The van der Waals surface area contributed by atoms with E-state index >= 15 is 0 Å². The Bertz CT molecular complexity index is 481. The van der Waals surface area contributed by atoms with Crippen molar-refractivity contribution in [2.75, 3.05) is 19.0 Å². The highest BCUT2D eigenvalue weighted by Crippen LogP contribution is 2.32. The molecule has 3 nitrogen and oxygen atoms in total. The second-order valence-corrected chi connectivity index (χ2v) is 5.81. The van der Waals surface area contributed by atoms with E-state index in [2.05, 4.69) is 21.2 Å². The second-order valence-electron chi connectivity index (χ2n) is 5.16. The number of carbonyl (C=O) groups is 1. The molecule has 2 unspecified atom stereocenters. The van der Waals surface area contributed by atoms with Crippen LogP contribution in [0.15, 0.2) is 18.2 Å². The average molecular weight is 344 g/mol. The van der Waals surface area contributed by atoms with Gasteiger partial charge in [-0.25, -0.2) is 4.39 Å². The minimum absolute atomic E-state index is 0.0687. The summed E-state index contributed by atoms with van der Waals surface area (Å²) >= 11 is 3.51. The number of carbonyl (C=O) groups excluding carboxylic acids is 1. The number of benzene rings is 1. The summed E-state index contributed by atoms with van der Waals surface area (Å²) in [4.78, 5) is 12.0. The maximum atomic E-state index is 13.8. The molecule has 1 N–H and O–H groups in total. The first-order chi connectivity index (χ1) is 9.65. The molecule has 1 aliphatic rings. The lowest BCUT2D eigenvalue weighted by molar-refractivity contribution is 0.0940. The fraction of sp³-hybridized carbons (Fsp3) is 0.533. The van der Waals surface area contributed by atoms with Crippen molar-refractivity contribution in [3.05, 3.63) is 29.6 Å². The van der Waals surface area contributed by atoms with E-state index in [0.29, 0.717) is 24.1 Å². The maximum absolute atomic E-state index is 13.8. The molecule has 1 fully saturated rings. The van der Waals surface area contributed by atoms with Crippen LogP contribution in [-0.2, 0) is 0 Å². The van der Waals surface area contributed by atoms with Crippen molar-refractivity contribution in [3.63, 3.8) is 0 Å². The number of alkyl halides is 1. The molecule has 1 aromatic carbocycles. The van der Waals surface area contributed by atoms with Crippen LogP contribution < -0.4 is 10.1 Å². The Morgan fingerprint density at radius 1 is 1.45 bits per heavy atom. The maximum Gasteiger partial charge on any atom is 0.254 e. The number of nitrogens with one attached hydrogen (secondary N) is 1. The minimum Gasteiger partial charge on any atom is -0.497 e. The molecule has 0 aliphatic heterocycles. The molecule has 0 saturated heterocycles. The lowest BCUT2D eigenvalue weighted by Crippen LogP contribution is -2.31. The largest absolute Gasteiger partial charge is 0.497 e. The van der Waals surface area contributed by atoms with Gasteiger partial charge in [0.2, 0.25) is 0 Å². The van der Waals surface area contributed by atoms with Crippen molar-refractivity contribution < 1.29 is 13.9 Å². The summed E-state index contributed by atoms with van der Waals surface area (Å²) in [6.07, 6.45) is 3.53. The highest BCUT2D eigenvalue weighted by molar-refractivity contribution is 9.09. The third kappa shape index (κ3) is 3.51. The zero-order valence-electron chi connectivity index (χ0n) is 11.5. The van der Waals surface area contributed by atoms with E-state index in [1.165, 1.54) is 32.1 Å². The van der Waals surface area contributed by atoms with Crippen LogP contribution in [0.25, 0.3) is 0 Å². The summed E-state index contributed by atoms with van der Waals surface area (Å²) in [5.41, 5.74) is 0.0687. The second kappa shape index (κ2) is 7.07. The summed E-state index contributed by atoms with van der Waals surface area (Å²) < 4.78 is 18.7. The topological polar surface area (TPSA) is 38.3 Å². The number of halogens is 2. The Labute approximate surface area is 127 Å². The lowest BCUT2D eigenvalue weighted by Gasteiger charge is -2.18. The fourth-order valence-corrected chi connectivity index (χ4v) is 3.56. The normalized spacial score (nSPS) is 21.8. The zero-order chi connectivity index (χ0) is 14.5. The number of hydrogen-bond donors (Lipinski definition) is 1. The molecule has 5 heteroatoms. The first-order valence-corrected chi connectivity index (χ1v) is 7.95. The van der Waals surface area contributed by atoms with E-state index in [1.807, 2.05) is 0 Å². The molecule has 1 amide bonds. The highest BCUT2D eigenvalue weighted by atomic mass is 79.9. The number of methoxy groups -OCH3 is 1. The van der Waals surface area contributed by atoms with Crippen molar-refractivity contribution in [3.8, 4) is 5.75 Å². The molecular formula is C15H19BrFNO2. The van der Waals surface area contributed by atoms with Crippen molar-refractivity contribution in [1.29, 1.82) is 0 Å². The van der Waals surface area contributed by atoms with Crippen LogP contribution in [0.4, 0.5) is 4.39 Å². The van der Waals surface area contributed by atoms with Gasteiger partial charge in [-0.3, -0.25) is 4.79 Å². The Morgan fingerprint density at radius 3 is 2.85 bits per heavy atom. The van der Waals surface area contributed by atoms with Gasteiger partial charge < -0.3 is 10.1 Å². The predicted octanol–water partition coefficient (Wildman–Crippen LogP) is 3.38. The summed E-state index contributed by atoms with van der Waals surface area (Å²) in [6.45, 7) is 0.612. The first kappa shape index (κ1) is 15.3. The first-order valence-electron chi connectivity index (χ1n) is 6.83. The van der Waals surface area contributed by atoms with Gasteiger partial charge in [0.1, 0.15) is 11.6 Å². The Morgan fingerprint density at radius 2 is 2.20 bits per heavy atom. The molecule has 2 rings (SSSR count). The minimum atomic E-state index is -0.551. The molecule has 0 radical (unpaired) electrons. The van der Waals surface area contributed by atoms with Crippen molar-refractivity contribution in [2.24, 2.45) is 11.8 Å². The molecule has 2 atom stereocenters. The Kier molecular flexibility index (Phi) is 5.40. The van der Waals surface area contributed by atoms with E-state index in [0.717, 1.165) is 11.8 Å². The van der Waals surface area contributed by atoms with Gasteiger partial charge >= 0.3 is 0 Å². The van der Waals surface area contributed by atoms with Crippen molar-refractivity contribution >= 4 is 21.8 Å². The number of rotatable bonds is 5. The summed E-state index contributed by atoms with van der Waals surface area (Å²) in [7, 11) is 1.47. The van der Waals surface area contributed by atoms with Crippen molar-refractivity contribution in [2.45, 2.75) is 19.3 Å². The van der Waals surface area contributed by atoms with Crippen LogP contribution >= 0.6 is 15.9 Å². The van der Waals surface area contributed by atoms with Crippen LogP contribution in [0.5, 0.6) is 5.75 Å². The third-order valence-corrected chi connectivity index (χ3v) is 4.79. The molecular weight excluding hydrogens is 325 g/mol. The summed E-state index contributed by atoms with van der Waals surface area (Å²) in [5.74, 6) is 0.598. The van der Waals surface area contributed by atoms with Crippen LogP contribution in [0, 0.1) is 17.7 Å². The molecule has 0 aromatic heterocycles. The van der Waals surface area contributed by atoms with Crippen molar-refractivity contribution in [1.82, 2.24) is 5.32 Å². The quantitative estimate of drug-likeness (QED) is 0.832. The monoisotopic (exact) mass is 343 g/mol. The lowest BCUT2D eigenvalue weighted by atomic mass is 9.98. The molecule has 0 spiro atoms. The Balaban J connectivity index is 1.95. The molecule has 0 bridgehead atoms. The fourth-order valence-electron chi connectivity index (χ4n) is 2.71. The standard InChI is InChI=1S/C15H19BrFNO2/c1-20-12-5-6-13(14(17)7-12)15(19)18-9-11-4-2-3-10(11)8-16/h5-7,10-11H,2-4,8-9H2,1H3,(H,18,19). The molecule has 1 aromatic rings. The smallest absolute Gasteiger partial charge is 0.254 e. The number of ether oxygens (including phenoxy) is 1. The van der Waals surface area contributed by atoms with E-state index in [9.17, 15) is 9.18 Å². The average Bonchev–Trinajstić information content (AvgIpc) is 2.92. The summed E-state index contributed by atoms with van der Waals surface area (Å²) in [6, 6.07) is 4.28. The van der Waals surface area contributed by atoms with E-state index in [1.54, 1.807) is 6.07 Å². The van der Waals surface area contributed by atoms with Crippen LogP contribution in [-0.4, -0.2) is 24.9 Å². The van der Waals surface area contributed by atoms with E-state index in [-0.39, 0.29) is 11.5 Å². The van der Waals surface area contributed by atoms with E-state index < -0.39 is 5.82 Å². The molecule has 1 saturated carbocycles. The SMILES string of the molecule is COc1ccc(C(=O)NCC2CCCC2CBr)c(F)c1. The van der Waals surface area contributed by atoms with Crippen LogP contribution in [0.1, 0.15) is 29.6 Å². The molecule has 0 heterocycles. The van der Waals surface area contributed by atoms with Gasteiger partial charge in [0.15, 0.2) is 0 Å². The zero-order valence-corrected chi connectivity index (χ0v) is 13.1. The van der Waals surface area contributed by atoms with Crippen LogP contribution in [0.2, 0.25) is 0 Å². The van der Waals surface area contributed by atoms with E-state index in [4.69, 9.17) is 4.74 Å². The predicted molar refractivity (Wildman–Crippen MR) is 79.9 cm³/mol. The van der Waals surface area contributed by atoms with Gasteiger partial charge in [-0.05, 0) is 36.8 Å². The highest BCUT2D eigenvalue weighted by Gasteiger charge is 2.26. The van der Waals surface area contributed by atoms with Crippen LogP contribution in [0.3, 0.4) is 0 Å². The molecule has 110 valence electrons. The number of amides is 1. The third-order valence-electron chi connectivity index (χ3n) is 3.96. The Hall–Kier alpha value is -1.10. The molecule has 1 aliphatic carbocycles. The van der Waals surface area contributed by atoms with Gasteiger partial charge in [0.25, 0.3) is 5.91 Å². The summed E-state index contributed by atoms with van der Waals surface area (Å²) in [5, 5.41) is 3.81. The number of hydrogen-bond acceptors (Lipinski definition) is 2. The van der Waals surface area contributed by atoms with Gasteiger partial charge in [-0.2, -0.15) is 0 Å². The van der Waals surface area contributed by atoms with Gasteiger partial charge in [-0.15, -0.1) is 0 Å². The van der Waals surface area contributed by atoms with Gasteiger partial charge in [0.05, 0.1) is 12.7 Å². The van der Waals surface area contributed by atoms with Gasteiger partial charge in [-0.1, -0.05) is 22.4 Å². The molecule has 20 heavy (non-hydrogen) atoms. The van der Waals surface area contributed by atoms with Gasteiger partial charge in [0, 0.05) is 17.9 Å².